The molecule has 114 valence electrons. The van der Waals surface area contributed by atoms with E-state index in [9.17, 15) is 5.11 Å². The molecule has 5 nitrogen and oxygen atoms in total. The largest absolute Gasteiger partial charge is 0.491 e. The molecule has 0 amide bonds. The molecule has 0 heterocycles. The van der Waals surface area contributed by atoms with E-state index in [4.69, 9.17) is 10.5 Å². The van der Waals surface area contributed by atoms with Gasteiger partial charge in [-0.15, -0.1) is 0 Å². The number of aliphatic hydroxyl groups is 1. The number of likely N-dealkylation sites (N-methyl/N-ethyl adjacent to an activating group) is 1. The highest BCUT2D eigenvalue weighted by atomic mass is 16.5. The number of rotatable bonds is 9. The molecule has 0 saturated heterocycles. The molecule has 0 bridgehead atoms. The molecule has 3 N–H and O–H groups in total. The normalized spacial score (nSPS) is 12.9. The van der Waals surface area contributed by atoms with Crippen LogP contribution in [0.2, 0.25) is 0 Å². The first kappa shape index (κ1) is 16.8. The second kappa shape index (κ2) is 8.79. The highest BCUT2D eigenvalue weighted by Crippen LogP contribution is 2.14. The van der Waals surface area contributed by atoms with Gasteiger partial charge in [-0.2, -0.15) is 0 Å². The van der Waals surface area contributed by atoms with Gasteiger partial charge in [-0.05, 0) is 52.8 Å². The summed E-state index contributed by atoms with van der Waals surface area (Å²) in [4.78, 5) is 4.28. The van der Waals surface area contributed by atoms with Crippen molar-refractivity contribution in [2.45, 2.75) is 12.5 Å². The second-order valence-electron chi connectivity index (χ2n) is 5.46. The summed E-state index contributed by atoms with van der Waals surface area (Å²) in [5.41, 5.74) is 6.33. The van der Waals surface area contributed by atoms with Gasteiger partial charge in [-0.1, -0.05) is 6.07 Å². The van der Waals surface area contributed by atoms with Gasteiger partial charge >= 0.3 is 0 Å². The molecule has 1 aromatic rings. The zero-order chi connectivity index (χ0) is 15.0. The third-order valence-electron chi connectivity index (χ3n) is 2.97. The number of aliphatic hydroxyl groups excluding tert-OH is 1. The van der Waals surface area contributed by atoms with E-state index in [1.54, 1.807) is 6.07 Å². The van der Waals surface area contributed by atoms with Crippen LogP contribution in [-0.2, 0) is 0 Å². The summed E-state index contributed by atoms with van der Waals surface area (Å²) in [5.74, 6) is 0.694. The van der Waals surface area contributed by atoms with Gasteiger partial charge in [-0.3, -0.25) is 0 Å². The highest BCUT2D eigenvalue weighted by Gasteiger charge is 2.09. The van der Waals surface area contributed by atoms with Crippen molar-refractivity contribution in [3.8, 4) is 5.75 Å². The third-order valence-corrected chi connectivity index (χ3v) is 2.97. The summed E-state index contributed by atoms with van der Waals surface area (Å²) in [6.07, 6.45) is 0.590. The molecule has 1 atom stereocenters. The Hall–Kier alpha value is -1.30. The van der Waals surface area contributed by atoms with Gasteiger partial charge in [0.25, 0.3) is 0 Å². The molecular weight excluding hydrogens is 254 g/mol. The lowest BCUT2D eigenvalue weighted by Gasteiger charge is -2.21. The predicted octanol–water partition coefficient (Wildman–Crippen LogP) is 0.892. The van der Waals surface area contributed by atoms with Gasteiger partial charge in [0.1, 0.15) is 18.5 Å². The van der Waals surface area contributed by atoms with Gasteiger partial charge in [0.15, 0.2) is 0 Å². The standard InChI is InChI=1S/C15H27N3O2/c1-17(2)8-5-9-18(3)11-14(19)12-20-15-7-4-6-13(16)10-15/h4,6-7,10,14,19H,5,8-9,11-12,16H2,1-3H3. The first-order valence-electron chi connectivity index (χ1n) is 6.97. The molecular formula is C15H27N3O2. The van der Waals surface area contributed by atoms with Crippen molar-refractivity contribution >= 4 is 5.69 Å². The maximum absolute atomic E-state index is 9.95. The van der Waals surface area contributed by atoms with Crippen LogP contribution in [0.15, 0.2) is 24.3 Å². The molecule has 0 aliphatic heterocycles. The van der Waals surface area contributed by atoms with E-state index in [1.165, 1.54) is 0 Å². The molecule has 1 rings (SSSR count). The molecule has 0 aliphatic rings. The fraction of sp³-hybridized carbons (Fsp3) is 0.600. The summed E-state index contributed by atoms with van der Waals surface area (Å²) >= 11 is 0. The van der Waals surface area contributed by atoms with Crippen molar-refractivity contribution in [2.75, 3.05) is 53.1 Å². The number of ether oxygens (including phenoxy) is 1. The summed E-state index contributed by atoms with van der Waals surface area (Å²) < 4.78 is 5.53. The van der Waals surface area contributed by atoms with Gasteiger partial charge in [0.2, 0.25) is 0 Å². The van der Waals surface area contributed by atoms with Crippen molar-refractivity contribution in [1.29, 1.82) is 0 Å². The molecule has 0 spiro atoms. The molecule has 0 radical (unpaired) electrons. The van der Waals surface area contributed by atoms with E-state index in [-0.39, 0.29) is 6.61 Å². The first-order chi connectivity index (χ1) is 9.47. The van der Waals surface area contributed by atoms with Crippen LogP contribution in [0.5, 0.6) is 5.75 Å². The molecule has 1 aromatic carbocycles. The molecule has 5 heteroatoms. The summed E-state index contributed by atoms with van der Waals surface area (Å²) in [6.45, 7) is 2.91. The van der Waals surface area contributed by atoms with E-state index in [0.29, 0.717) is 18.0 Å². The number of nitrogens with zero attached hydrogens (tertiary/aromatic N) is 2. The Morgan fingerprint density at radius 2 is 2.00 bits per heavy atom. The summed E-state index contributed by atoms with van der Waals surface area (Å²) in [7, 11) is 6.14. The van der Waals surface area contributed by atoms with E-state index in [1.807, 2.05) is 25.2 Å². The van der Waals surface area contributed by atoms with Crippen LogP contribution in [0.1, 0.15) is 6.42 Å². The SMILES string of the molecule is CN(C)CCCN(C)CC(O)COc1cccc(N)c1. The van der Waals surface area contributed by atoms with Crippen molar-refractivity contribution < 1.29 is 9.84 Å². The van der Waals surface area contributed by atoms with E-state index >= 15 is 0 Å². The maximum Gasteiger partial charge on any atom is 0.121 e. The van der Waals surface area contributed by atoms with Crippen LogP contribution in [0.25, 0.3) is 0 Å². The fourth-order valence-corrected chi connectivity index (χ4v) is 1.96. The number of hydrogen-bond donors (Lipinski definition) is 2. The van der Waals surface area contributed by atoms with E-state index in [0.717, 1.165) is 19.5 Å². The molecule has 20 heavy (non-hydrogen) atoms. The Labute approximate surface area is 121 Å². The average molecular weight is 281 g/mol. The third kappa shape index (κ3) is 7.33. The Bertz CT molecular complexity index is 385. The zero-order valence-electron chi connectivity index (χ0n) is 12.7. The number of benzene rings is 1. The Morgan fingerprint density at radius 1 is 1.25 bits per heavy atom. The first-order valence-corrected chi connectivity index (χ1v) is 6.97. The van der Waals surface area contributed by atoms with Crippen molar-refractivity contribution in [3.05, 3.63) is 24.3 Å². The number of nitrogen functional groups attached to an aromatic ring is 1. The minimum absolute atomic E-state index is 0.279. The van der Waals surface area contributed by atoms with Crippen molar-refractivity contribution in [1.82, 2.24) is 9.80 Å². The van der Waals surface area contributed by atoms with Crippen LogP contribution >= 0.6 is 0 Å². The van der Waals surface area contributed by atoms with E-state index < -0.39 is 6.10 Å². The van der Waals surface area contributed by atoms with Crippen molar-refractivity contribution in [3.63, 3.8) is 0 Å². The molecule has 0 saturated carbocycles. The molecule has 0 fully saturated rings. The lowest BCUT2D eigenvalue weighted by atomic mass is 10.3. The Kier molecular flexibility index (Phi) is 7.36. The van der Waals surface area contributed by atoms with Gasteiger partial charge in [-0.25, -0.2) is 0 Å². The Morgan fingerprint density at radius 3 is 2.65 bits per heavy atom. The summed E-state index contributed by atoms with van der Waals surface area (Å²) in [6, 6.07) is 7.24. The van der Waals surface area contributed by atoms with Crippen LogP contribution in [0.4, 0.5) is 5.69 Å². The van der Waals surface area contributed by atoms with Crippen LogP contribution in [0, 0.1) is 0 Å². The highest BCUT2D eigenvalue weighted by molar-refractivity contribution is 5.43. The van der Waals surface area contributed by atoms with Crippen LogP contribution in [-0.4, -0.2) is 68.4 Å². The topological polar surface area (TPSA) is 62.0 Å². The predicted molar refractivity (Wildman–Crippen MR) is 83.0 cm³/mol. The Balaban J connectivity index is 2.20. The summed E-state index contributed by atoms with van der Waals surface area (Å²) in [5, 5.41) is 9.95. The van der Waals surface area contributed by atoms with Crippen molar-refractivity contribution in [2.24, 2.45) is 0 Å². The minimum Gasteiger partial charge on any atom is -0.491 e. The fourth-order valence-electron chi connectivity index (χ4n) is 1.96. The number of nitrogens with two attached hydrogens (primary N) is 1. The lowest BCUT2D eigenvalue weighted by Crippen LogP contribution is -2.34. The van der Waals surface area contributed by atoms with E-state index in [2.05, 4.69) is 23.9 Å². The van der Waals surface area contributed by atoms with Gasteiger partial charge < -0.3 is 25.4 Å². The lowest BCUT2D eigenvalue weighted by molar-refractivity contribution is 0.0755. The monoisotopic (exact) mass is 281 g/mol. The number of anilines is 1. The van der Waals surface area contributed by atoms with Crippen LogP contribution < -0.4 is 10.5 Å². The quantitative estimate of drug-likeness (QED) is 0.658. The molecule has 1 unspecified atom stereocenters. The second-order valence-corrected chi connectivity index (χ2v) is 5.46. The number of hydrogen-bond acceptors (Lipinski definition) is 5. The van der Waals surface area contributed by atoms with Crippen LogP contribution in [0.3, 0.4) is 0 Å². The molecule has 0 aromatic heterocycles. The van der Waals surface area contributed by atoms with Gasteiger partial charge in [0.05, 0.1) is 0 Å². The molecule has 0 aliphatic carbocycles. The smallest absolute Gasteiger partial charge is 0.121 e. The maximum atomic E-state index is 9.95. The minimum atomic E-state index is -0.499. The average Bonchev–Trinajstić information content (AvgIpc) is 2.36. The zero-order valence-corrected chi connectivity index (χ0v) is 12.7. The van der Waals surface area contributed by atoms with Gasteiger partial charge in [0, 0.05) is 18.3 Å².